The zero-order valence-electron chi connectivity index (χ0n) is 8.85. The monoisotopic (exact) mass is 189 g/mol. The number of hydrogen-bond donors (Lipinski definition) is 1. The summed E-state index contributed by atoms with van der Waals surface area (Å²) < 4.78 is 10.1. The lowest BCUT2D eigenvalue weighted by atomic mass is 10.2. The number of methoxy groups -OCH3 is 1. The van der Waals surface area contributed by atoms with Crippen molar-refractivity contribution in [2.24, 2.45) is 0 Å². The maximum absolute atomic E-state index is 11.1. The molecule has 0 aliphatic carbocycles. The van der Waals surface area contributed by atoms with E-state index in [4.69, 9.17) is 9.47 Å². The highest BCUT2D eigenvalue weighted by Gasteiger charge is 2.12. The number of amides is 1. The van der Waals surface area contributed by atoms with Gasteiger partial charge in [0, 0.05) is 13.7 Å². The van der Waals surface area contributed by atoms with Crippen LogP contribution in [-0.2, 0) is 14.3 Å². The Bertz CT molecular complexity index is 151. The lowest BCUT2D eigenvalue weighted by Gasteiger charge is -2.18. The average molecular weight is 189 g/mol. The summed E-state index contributed by atoms with van der Waals surface area (Å²) in [6, 6.07) is 0. The van der Waals surface area contributed by atoms with Crippen LogP contribution in [0.5, 0.6) is 0 Å². The molecule has 0 saturated carbocycles. The van der Waals surface area contributed by atoms with Crippen molar-refractivity contribution in [1.29, 1.82) is 0 Å². The summed E-state index contributed by atoms with van der Waals surface area (Å²) in [4.78, 5) is 11.1. The Balaban J connectivity index is 3.41. The third-order valence-corrected chi connectivity index (χ3v) is 1.26. The van der Waals surface area contributed by atoms with Crippen molar-refractivity contribution in [1.82, 2.24) is 5.32 Å². The minimum absolute atomic E-state index is 0.104. The van der Waals surface area contributed by atoms with Crippen LogP contribution in [-0.4, -0.2) is 38.4 Å². The largest absolute Gasteiger partial charge is 0.383 e. The SMILES string of the molecule is COCCNC(=O)COC(C)(C)C. The van der Waals surface area contributed by atoms with Gasteiger partial charge in [-0.1, -0.05) is 0 Å². The van der Waals surface area contributed by atoms with E-state index < -0.39 is 0 Å². The van der Waals surface area contributed by atoms with E-state index >= 15 is 0 Å². The molecule has 13 heavy (non-hydrogen) atoms. The van der Waals surface area contributed by atoms with Crippen molar-refractivity contribution < 1.29 is 14.3 Å². The zero-order chi connectivity index (χ0) is 10.3. The molecule has 4 nitrogen and oxygen atoms in total. The summed E-state index contributed by atoms with van der Waals surface area (Å²) in [5, 5.41) is 2.67. The smallest absolute Gasteiger partial charge is 0.246 e. The number of carbonyl (C=O) groups excluding carboxylic acids is 1. The minimum Gasteiger partial charge on any atom is -0.383 e. The van der Waals surface area contributed by atoms with Crippen molar-refractivity contribution in [3.8, 4) is 0 Å². The van der Waals surface area contributed by atoms with E-state index in [0.29, 0.717) is 13.2 Å². The van der Waals surface area contributed by atoms with Crippen LogP contribution in [0.4, 0.5) is 0 Å². The van der Waals surface area contributed by atoms with Gasteiger partial charge >= 0.3 is 0 Å². The fraction of sp³-hybridized carbons (Fsp3) is 0.889. The summed E-state index contributed by atoms with van der Waals surface area (Å²) in [7, 11) is 1.60. The standard InChI is InChI=1S/C9H19NO3/c1-9(2,3)13-7-8(11)10-5-6-12-4/h5-7H2,1-4H3,(H,10,11). The lowest BCUT2D eigenvalue weighted by Crippen LogP contribution is -2.33. The Labute approximate surface area is 79.6 Å². The maximum atomic E-state index is 11.1. The maximum Gasteiger partial charge on any atom is 0.246 e. The van der Waals surface area contributed by atoms with Crippen LogP contribution in [0.25, 0.3) is 0 Å². The summed E-state index contributed by atoms with van der Waals surface area (Å²) in [5.74, 6) is -0.105. The molecule has 0 fully saturated rings. The Morgan fingerprint density at radius 3 is 2.46 bits per heavy atom. The van der Waals surface area contributed by atoms with E-state index in [1.54, 1.807) is 7.11 Å². The number of carbonyl (C=O) groups is 1. The molecule has 0 rings (SSSR count). The Kier molecular flexibility index (Phi) is 5.66. The Hall–Kier alpha value is -0.610. The molecule has 0 heterocycles. The third-order valence-electron chi connectivity index (χ3n) is 1.26. The molecule has 0 unspecified atom stereocenters. The van der Waals surface area contributed by atoms with Crippen molar-refractivity contribution in [2.75, 3.05) is 26.9 Å². The highest BCUT2D eigenvalue weighted by atomic mass is 16.5. The van der Waals surface area contributed by atoms with Gasteiger partial charge < -0.3 is 14.8 Å². The number of nitrogens with one attached hydrogen (secondary N) is 1. The van der Waals surface area contributed by atoms with Crippen molar-refractivity contribution in [2.45, 2.75) is 26.4 Å². The molecule has 0 aromatic heterocycles. The average Bonchev–Trinajstić information content (AvgIpc) is 2.00. The quantitative estimate of drug-likeness (QED) is 0.643. The van der Waals surface area contributed by atoms with E-state index in [1.165, 1.54) is 0 Å². The van der Waals surface area contributed by atoms with Gasteiger partial charge in [-0.3, -0.25) is 4.79 Å². The zero-order valence-corrected chi connectivity index (χ0v) is 8.85. The molecule has 78 valence electrons. The molecule has 0 aliphatic heterocycles. The molecule has 0 atom stereocenters. The fourth-order valence-electron chi connectivity index (χ4n) is 0.626. The first-order valence-corrected chi connectivity index (χ1v) is 4.35. The summed E-state index contributed by atoms with van der Waals surface area (Å²) in [6.45, 7) is 6.90. The van der Waals surface area contributed by atoms with Gasteiger partial charge in [0.1, 0.15) is 6.61 Å². The molecule has 0 aromatic rings. The van der Waals surface area contributed by atoms with Gasteiger partial charge in [-0.2, -0.15) is 0 Å². The molecule has 0 spiro atoms. The van der Waals surface area contributed by atoms with Crippen LogP contribution in [0, 0.1) is 0 Å². The van der Waals surface area contributed by atoms with Gasteiger partial charge in [0.2, 0.25) is 5.91 Å². The highest BCUT2D eigenvalue weighted by Crippen LogP contribution is 2.05. The van der Waals surface area contributed by atoms with Crippen LogP contribution in [0.15, 0.2) is 0 Å². The second kappa shape index (κ2) is 5.94. The van der Waals surface area contributed by atoms with Gasteiger partial charge in [0.25, 0.3) is 0 Å². The van der Waals surface area contributed by atoms with Crippen molar-refractivity contribution >= 4 is 5.91 Å². The normalized spacial score (nSPS) is 11.4. The van der Waals surface area contributed by atoms with E-state index in [1.807, 2.05) is 20.8 Å². The second-order valence-corrected chi connectivity index (χ2v) is 3.74. The summed E-state index contributed by atoms with van der Waals surface area (Å²) in [5.41, 5.74) is -0.265. The van der Waals surface area contributed by atoms with E-state index in [2.05, 4.69) is 5.32 Å². The van der Waals surface area contributed by atoms with Crippen molar-refractivity contribution in [3.05, 3.63) is 0 Å². The topological polar surface area (TPSA) is 47.6 Å². The minimum atomic E-state index is -0.265. The van der Waals surface area contributed by atoms with Crippen molar-refractivity contribution in [3.63, 3.8) is 0 Å². The number of hydrogen-bond acceptors (Lipinski definition) is 3. The van der Waals surface area contributed by atoms with Gasteiger partial charge in [-0.15, -0.1) is 0 Å². The van der Waals surface area contributed by atoms with E-state index in [-0.39, 0.29) is 18.1 Å². The molecule has 0 aromatic carbocycles. The first kappa shape index (κ1) is 12.4. The third kappa shape index (κ3) is 9.30. The van der Waals surface area contributed by atoms with Crippen LogP contribution in [0.1, 0.15) is 20.8 Å². The van der Waals surface area contributed by atoms with Gasteiger partial charge in [0.15, 0.2) is 0 Å². The fourth-order valence-corrected chi connectivity index (χ4v) is 0.626. The molecule has 0 radical (unpaired) electrons. The van der Waals surface area contributed by atoms with Gasteiger partial charge in [-0.05, 0) is 20.8 Å². The molecular formula is C9H19NO3. The number of rotatable bonds is 5. The summed E-state index contributed by atoms with van der Waals surface area (Å²) >= 11 is 0. The first-order valence-electron chi connectivity index (χ1n) is 4.35. The van der Waals surface area contributed by atoms with Crippen LogP contribution < -0.4 is 5.32 Å². The van der Waals surface area contributed by atoms with Crippen LogP contribution >= 0.6 is 0 Å². The van der Waals surface area contributed by atoms with Crippen LogP contribution in [0.3, 0.4) is 0 Å². The molecule has 0 aliphatic rings. The number of ether oxygens (including phenoxy) is 2. The van der Waals surface area contributed by atoms with Gasteiger partial charge in [0.05, 0.1) is 12.2 Å². The predicted molar refractivity (Wildman–Crippen MR) is 50.6 cm³/mol. The molecule has 0 saturated heterocycles. The molecule has 1 N–H and O–H groups in total. The lowest BCUT2D eigenvalue weighted by molar-refractivity contribution is -0.130. The summed E-state index contributed by atoms with van der Waals surface area (Å²) in [6.07, 6.45) is 0. The molecule has 1 amide bonds. The first-order chi connectivity index (χ1) is 5.95. The Morgan fingerprint density at radius 1 is 1.38 bits per heavy atom. The highest BCUT2D eigenvalue weighted by molar-refractivity contribution is 5.77. The molecular weight excluding hydrogens is 170 g/mol. The van der Waals surface area contributed by atoms with E-state index in [0.717, 1.165) is 0 Å². The van der Waals surface area contributed by atoms with E-state index in [9.17, 15) is 4.79 Å². The van der Waals surface area contributed by atoms with Crippen LogP contribution in [0.2, 0.25) is 0 Å². The molecule has 4 heteroatoms. The Morgan fingerprint density at radius 2 is 2.00 bits per heavy atom. The predicted octanol–water partition coefficient (Wildman–Crippen LogP) is 0.564. The second-order valence-electron chi connectivity index (χ2n) is 3.74. The molecule has 0 bridgehead atoms. The van der Waals surface area contributed by atoms with Gasteiger partial charge in [-0.25, -0.2) is 0 Å².